The summed E-state index contributed by atoms with van der Waals surface area (Å²) in [6.07, 6.45) is -0.00318. The van der Waals surface area contributed by atoms with Crippen LogP contribution >= 0.6 is 0 Å². The first-order valence-electron chi connectivity index (χ1n) is 3.92. The van der Waals surface area contributed by atoms with Crippen molar-refractivity contribution in [1.82, 2.24) is 0 Å². The maximum absolute atomic E-state index is 5.61. The van der Waals surface area contributed by atoms with Crippen LogP contribution in [-0.4, -0.2) is 27.9 Å². The van der Waals surface area contributed by atoms with Gasteiger partial charge in [0.2, 0.25) is 0 Å². The highest BCUT2D eigenvalue weighted by Crippen LogP contribution is 2.03. The Morgan fingerprint density at radius 1 is 1.30 bits per heavy atom. The van der Waals surface area contributed by atoms with Crippen molar-refractivity contribution in [3.8, 4) is 0 Å². The molecule has 0 aromatic carbocycles. The number of hydrogen-bond donors (Lipinski definition) is 0. The van der Waals surface area contributed by atoms with Gasteiger partial charge in [-0.15, -0.1) is 0 Å². The zero-order valence-electron chi connectivity index (χ0n) is 7.39. The first-order valence-corrected chi connectivity index (χ1v) is 6.03. The summed E-state index contributed by atoms with van der Waals surface area (Å²) in [7, 11) is 1.68. The Morgan fingerprint density at radius 2 is 1.80 bits per heavy atom. The highest BCUT2D eigenvalue weighted by Gasteiger charge is 2.17. The second-order valence-electron chi connectivity index (χ2n) is 2.38. The summed E-state index contributed by atoms with van der Waals surface area (Å²) >= 11 is -0.893. The molecule has 1 unspecified atom stereocenters. The first-order chi connectivity index (χ1) is 4.74. The molecule has 0 amide bonds. The van der Waals surface area contributed by atoms with E-state index in [0.717, 1.165) is 0 Å². The predicted octanol–water partition coefficient (Wildman–Crippen LogP) is 2.03. The SMILES string of the molecule is C[CH2][Al]([CH2]C)[O]C(C)OC. The van der Waals surface area contributed by atoms with Gasteiger partial charge in [-0.2, -0.15) is 0 Å². The van der Waals surface area contributed by atoms with Crippen LogP contribution in [0.25, 0.3) is 0 Å². The van der Waals surface area contributed by atoms with E-state index in [-0.39, 0.29) is 6.29 Å². The van der Waals surface area contributed by atoms with E-state index in [9.17, 15) is 0 Å². The molecule has 3 heteroatoms. The minimum Gasteiger partial charge on any atom is -0.478 e. The van der Waals surface area contributed by atoms with Crippen molar-refractivity contribution in [2.24, 2.45) is 0 Å². The smallest absolute Gasteiger partial charge is 0.462 e. The summed E-state index contributed by atoms with van der Waals surface area (Å²) in [5, 5.41) is 2.40. The molecular formula is C7H17AlO2. The summed E-state index contributed by atoms with van der Waals surface area (Å²) < 4.78 is 10.6. The maximum atomic E-state index is 5.61. The number of methoxy groups -OCH3 is 1. The molecule has 0 aromatic heterocycles. The van der Waals surface area contributed by atoms with Crippen LogP contribution in [0.15, 0.2) is 0 Å². The van der Waals surface area contributed by atoms with Crippen molar-refractivity contribution in [1.29, 1.82) is 0 Å². The fourth-order valence-corrected chi connectivity index (χ4v) is 2.42. The van der Waals surface area contributed by atoms with E-state index in [4.69, 9.17) is 8.53 Å². The van der Waals surface area contributed by atoms with Crippen molar-refractivity contribution in [3.63, 3.8) is 0 Å². The quantitative estimate of drug-likeness (QED) is 0.452. The van der Waals surface area contributed by atoms with Crippen LogP contribution in [0, 0.1) is 0 Å². The van der Waals surface area contributed by atoms with Crippen LogP contribution in [-0.2, 0) is 8.53 Å². The van der Waals surface area contributed by atoms with Gasteiger partial charge in [-0.3, -0.25) is 0 Å². The number of hydrogen-bond acceptors (Lipinski definition) is 2. The Hall–Kier alpha value is 0.452. The molecule has 0 aliphatic carbocycles. The van der Waals surface area contributed by atoms with E-state index in [1.165, 1.54) is 10.6 Å². The summed E-state index contributed by atoms with van der Waals surface area (Å²) in [5.74, 6) is 0. The molecule has 0 aromatic rings. The van der Waals surface area contributed by atoms with Gasteiger partial charge < -0.3 is 8.53 Å². The standard InChI is InChI=1S/C3H7O2.2C2H5.Al/c1-3(4)5-2;2*1-2;/h3H,1-2H3;2*1H2,2H3;/q-1;;;+1. The lowest BCUT2D eigenvalue weighted by atomic mass is 10.8. The summed E-state index contributed by atoms with van der Waals surface area (Å²) in [6, 6.07) is 0. The second-order valence-corrected chi connectivity index (χ2v) is 5.53. The molecule has 60 valence electrons. The van der Waals surface area contributed by atoms with Gasteiger partial charge in [0.25, 0.3) is 0 Å². The Kier molecular flexibility index (Phi) is 6.46. The van der Waals surface area contributed by atoms with Crippen LogP contribution in [0.5, 0.6) is 0 Å². The molecule has 0 fully saturated rings. The number of ether oxygens (including phenoxy) is 1. The zero-order valence-corrected chi connectivity index (χ0v) is 8.54. The van der Waals surface area contributed by atoms with Crippen molar-refractivity contribution in [2.45, 2.75) is 37.6 Å². The Balaban J connectivity index is 3.41. The summed E-state index contributed by atoms with van der Waals surface area (Å²) in [5.41, 5.74) is 0. The molecular weight excluding hydrogens is 143 g/mol. The largest absolute Gasteiger partial charge is 0.478 e. The molecule has 0 saturated heterocycles. The van der Waals surface area contributed by atoms with E-state index >= 15 is 0 Å². The van der Waals surface area contributed by atoms with Gasteiger partial charge in [0.1, 0.15) is 6.29 Å². The second kappa shape index (κ2) is 6.18. The lowest BCUT2D eigenvalue weighted by Crippen LogP contribution is -2.23. The minimum atomic E-state index is -0.893. The van der Waals surface area contributed by atoms with Crippen molar-refractivity contribution in [2.75, 3.05) is 7.11 Å². The fraction of sp³-hybridized carbons (Fsp3) is 1.00. The van der Waals surface area contributed by atoms with E-state index in [2.05, 4.69) is 13.8 Å². The average molecular weight is 160 g/mol. The van der Waals surface area contributed by atoms with Gasteiger partial charge in [0.05, 0.1) is 0 Å². The first kappa shape index (κ1) is 10.5. The highest BCUT2D eigenvalue weighted by molar-refractivity contribution is 6.51. The fourth-order valence-electron chi connectivity index (χ4n) is 0.808. The molecule has 0 aliphatic rings. The van der Waals surface area contributed by atoms with Gasteiger partial charge >= 0.3 is 14.5 Å². The van der Waals surface area contributed by atoms with Gasteiger partial charge in [0.15, 0.2) is 0 Å². The molecule has 0 N–H and O–H groups in total. The van der Waals surface area contributed by atoms with E-state index in [1.807, 2.05) is 6.92 Å². The van der Waals surface area contributed by atoms with Crippen molar-refractivity contribution < 1.29 is 8.53 Å². The molecule has 0 radical (unpaired) electrons. The van der Waals surface area contributed by atoms with Crippen LogP contribution in [0.2, 0.25) is 10.6 Å². The highest BCUT2D eigenvalue weighted by atomic mass is 27.2. The molecule has 10 heavy (non-hydrogen) atoms. The summed E-state index contributed by atoms with van der Waals surface area (Å²) in [4.78, 5) is 0. The Labute approximate surface area is 68.2 Å². The molecule has 0 heterocycles. The molecule has 0 saturated carbocycles. The molecule has 0 aliphatic heterocycles. The third-order valence-electron chi connectivity index (χ3n) is 1.63. The molecule has 0 spiro atoms. The third-order valence-corrected chi connectivity index (χ3v) is 4.22. The van der Waals surface area contributed by atoms with E-state index in [1.54, 1.807) is 7.11 Å². The molecule has 1 atom stereocenters. The third kappa shape index (κ3) is 4.30. The van der Waals surface area contributed by atoms with Crippen molar-refractivity contribution >= 4 is 14.5 Å². The molecule has 0 bridgehead atoms. The lowest BCUT2D eigenvalue weighted by molar-refractivity contribution is -0.0413. The molecule has 0 rings (SSSR count). The van der Waals surface area contributed by atoms with Gasteiger partial charge in [-0.25, -0.2) is 0 Å². The van der Waals surface area contributed by atoms with E-state index in [0.29, 0.717) is 0 Å². The van der Waals surface area contributed by atoms with E-state index < -0.39 is 14.5 Å². The zero-order chi connectivity index (χ0) is 7.98. The Morgan fingerprint density at radius 3 is 2.10 bits per heavy atom. The normalized spacial score (nSPS) is 13.2. The summed E-state index contributed by atoms with van der Waals surface area (Å²) in [6.45, 7) is 6.32. The van der Waals surface area contributed by atoms with Gasteiger partial charge in [0, 0.05) is 7.11 Å². The van der Waals surface area contributed by atoms with Crippen LogP contribution in [0.1, 0.15) is 20.8 Å². The van der Waals surface area contributed by atoms with Gasteiger partial charge in [-0.05, 0) is 6.92 Å². The van der Waals surface area contributed by atoms with Crippen LogP contribution < -0.4 is 0 Å². The van der Waals surface area contributed by atoms with Crippen molar-refractivity contribution in [3.05, 3.63) is 0 Å². The Bertz CT molecular complexity index is 74.0. The average Bonchev–Trinajstić information content (AvgIpc) is 1.99. The number of rotatable bonds is 5. The predicted molar refractivity (Wildman–Crippen MR) is 44.3 cm³/mol. The maximum Gasteiger partial charge on any atom is 0.462 e. The monoisotopic (exact) mass is 160 g/mol. The van der Waals surface area contributed by atoms with Gasteiger partial charge in [-0.1, -0.05) is 24.4 Å². The minimum absolute atomic E-state index is 0.00318. The molecule has 2 nitrogen and oxygen atoms in total. The van der Waals surface area contributed by atoms with Crippen LogP contribution in [0.4, 0.5) is 0 Å². The topological polar surface area (TPSA) is 18.5 Å². The van der Waals surface area contributed by atoms with Crippen LogP contribution in [0.3, 0.4) is 0 Å². The lowest BCUT2D eigenvalue weighted by Gasteiger charge is -2.15.